The van der Waals surface area contributed by atoms with Gasteiger partial charge in [-0.2, -0.15) is 0 Å². The van der Waals surface area contributed by atoms with Gasteiger partial charge in [0, 0.05) is 19.6 Å². The van der Waals surface area contributed by atoms with Crippen LogP contribution in [0.15, 0.2) is 23.8 Å². The lowest BCUT2D eigenvalue weighted by Gasteiger charge is -2.26. The van der Waals surface area contributed by atoms with E-state index in [-0.39, 0.29) is 0 Å². The van der Waals surface area contributed by atoms with Gasteiger partial charge >= 0.3 is 0 Å². The van der Waals surface area contributed by atoms with Crippen molar-refractivity contribution in [3.63, 3.8) is 0 Å². The first-order chi connectivity index (χ1) is 8.54. The Balaban J connectivity index is 4.52. The third-order valence-electron chi connectivity index (χ3n) is 3.46. The predicted molar refractivity (Wildman–Crippen MR) is 83.0 cm³/mol. The minimum Gasteiger partial charge on any atom is -0.308 e. The highest BCUT2D eigenvalue weighted by Crippen LogP contribution is 2.16. The van der Waals surface area contributed by atoms with Crippen LogP contribution in [0, 0.1) is 5.92 Å². The Morgan fingerprint density at radius 1 is 1.17 bits per heavy atom. The second-order valence-corrected chi connectivity index (χ2v) is 5.25. The summed E-state index contributed by atoms with van der Waals surface area (Å²) in [5.41, 5.74) is 1.55. The lowest BCUT2D eigenvalue weighted by atomic mass is 9.97. The predicted octanol–water partition coefficient (Wildman–Crippen LogP) is 3.42. The van der Waals surface area contributed by atoms with Crippen LogP contribution in [0.2, 0.25) is 0 Å². The molecule has 0 heterocycles. The Labute approximate surface area is 114 Å². The smallest absolute Gasteiger partial charge is 0.0199 e. The van der Waals surface area contributed by atoms with Crippen LogP contribution in [0.3, 0.4) is 0 Å². The van der Waals surface area contributed by atoms with Crippen molar-refractivity contribution < 1.29 is 0 Å². The molecule has 0 fully saturated rings. The third-order valence-corrected chi connectivity index (χ3v) is 3.46. The highest BCUT2D eigenvalue weighted by Gasteiger charge is 2.10. The molecule has 2 nitrogen and oxygen atoms in total. The zero-order valence-electron chi connectivity index (χ0n) is 13.2. The van der Waals surface area contributed by atoms with Gasteiger partial charge in [0.25, 0.3) is 0 Å². The molecule has 0 aromatic rings. The fourth-order valence-electron chi connectivity index (χ4n) is 1.80. The van der Waals surface area contributed by atoms with E-state index in [4.69, 9.17) is 0 Å². The van der Waals surface area contributed by atoms with Crippen LogP contribution in [0.5, 0.6) is 0 Å². The van der Waals surface area contributed by atoms with Crippen LogP contribution in [-0.2, 0) is 0 Å². The maximum absolute atomic E-state index is 2.53. The van der Waals surface area contributed by atoms with Crippen molar-refractivity contribution >= 4 is 0 Å². The molecule has 0 aliphatic rings. The molecule has 0 aromatic carbocycles. The molecule has 0 N–H and O–H groups in total. The number of allylic oxidation sites excluding steroid dienone is 3. The lowest BCUT2D eigenvalue weighted by molar-refractivity contribution is 0.261. The second kappa shape index (κ2) is 10.3. The minimum atomic E-state index is 0.676. The molecular formula is C16H32N2. The van der Waals surface area contributed by atoms with Crippen LogP contribution >= 0.6 is 0 Å². The molecule has 18 heavy (non-hydrogen) atoms. The van der Waals surface area contributed by atoms with Crippen LogP contribution in [0.1, 0.15) is 34.1 Å². The van der Waals surface area contributed by atoms with Gasteiger partial charge in [-0.05, 0) is 39.9 Å². The first-order valence-electron chi connectivity index (χ1n) is 7.23. The number of rotatable bonds is 9. The van der Waals surface area contributed by atoms with Crippen molar-refractivity contribution in [1.82, 2.24) is 9.80 Å². The van der Waals surface area contributed by atoms with Gasteiger partial charge in [-0.3, -0.25) is 4.90 Å². The van der Waals surface area contributed by atoms with Gasteiger partial charge < -0.3 is 4.90 Å². The highest BCUT2D eigenvalue weighted by molar-refractivity contribution is 5.16. The number of hydrogen-bond acceptors (Lipinski definition) is 2. The zero-order valence-corrected chi connectivity index (χ0v) is 13.2. The van der Waals surface area contributed by atoms with Crippen molar-refractivity contribution in [1.29, 1.82) is 0 Å². The summed E-state index contributed by atoms with van der Waals surface area (Å²) in [6.07, 6.45) is 7.79. The SMILES string of the molecule is C/C=C\C=C(\CN(CC)CCN(C)C)C(C)CC. The molecule has 0 rings (SSSR count). The maximum atomic E-state index is 2.53. The molecule has 1 unspecified atom stereocenters. The number of nitrogens with zero attached hydrogens (tertiary/aromatic N) is 2. The molecular weight excluding hydrogens is 220 g/mol. The van der Waals surface area contributed by atoms with Crippen molar-refractivity contribution in [3.8, 4) is 0 Å². The largest absolute Gasteiger partial charge is 0.308 e. The second-order valence-electron chi connectivity index (χ2n) is 5.25. The van der Waals surface area contributed by atoms with Gasteiger partial charge in [-0.1, -0.05) is 44.6 Å². The summed E-state index contributed by atoms with van der Waals surface area (Å²) >= 11 is 0. The first-order valence-corrected chi connectivity index (χ1v) is 7.23. The summed E-state index contributed by atoms with van der Waals surface area (Å²) in [5, 5.41) is 0. The Morgan fingerprint density at radius 3 is 2.28 bits per heavy atom. The molecule has 0 saturated carbocycles. The molecule has 0 bridgehead atoms. The standard InChI is InChI=1S/C16H32N2/c1-7-10-11-16(15(4)8-2)14-18(9-3)13-12-17(5)6/h7,10-11,15H,8-9,12-14H2,1-6H3/b10-7-,16-11-. The van der Waals surface area contributed by atoms with Crippen molar-refractivity contribution in [2.75, 3.05) is 40.3 Å². The van der Waals surface area contributed by atoms with Crippen LogP contribution in [0.25, 0.3) is 0 Å². The zero-order chi connectivity index (χ0) is 14.0. The van der Waals surface area contributed by atoms with Gasteiger partial charge in [-0.25, -0.2) is 0 Å². The Morgan fingerprint density at radius 2 is 1.83 bits per heavy atom. The van der Waals surface area contributed by atoms with E-state index in [9.17, 15) is 0 Å². The van der Waals surface area contributed by atoms with E-state index < -0.39 is 0 Å². The van der Waals surface area contributed by atoms with Crippen molar-refractivity contribution in [2.24, 2.45) is 5.92 Å². The summed E-state index contributed by atoms with van der Waals surface area (Å²) in [4.78, 5) is 4.78. The third kappa shape index (κ3) is 7.67. The Bertz CT molecular complexity index is 254. The van der Waals surface area contributed by atoms with E-state index >= 15 is 0 Å². The van der Waals surface area contributed by atoms with E-state index in [2.05, 4.69) is 69.8 Å². The summed E-state index contributed by atoms with van der Waals surface area (Å²) < 4.78 is 0. The molecule has 2 heteroatoms. The highest BCUT2D eigenvalue weighted by atomic mass is 15.2. The Hall–Kier alpha value is -0.600. The number of likely N-dealkylation sites (N-methyl/N-ethyl adjacent to an activating group) is 2. The average molecular weight is 252 g/mol. The molecule has 0 aliphatic carbocycles. The molecule has 1 atom stereocenters. The summed E-state index contributed by atoms with van der Waals surface area (Å²) in [5.74, 6) is 0.676. The number of hydrogen-bond donors (Lipinski definition) is 0. The first kappa shape index (κ1) is 17.4. The quantitative estimate of drug-likeness (QED) is 0.580. The molecule has 0 aliphatic heterocycles. The Kier molecular flexibility index (Phi) is 9.99. The van der Waals surface area contributed by atoms with Gasteiger partial charge in [0.05, 0.1) is 0 Å². The molecule has 0 aromatic heterocycles. The molecule has 0 saturated heterocycles. The van der Waals surface area contributed by atoms with Crippen LogP contribution < -0.4 is 0 Å². The van der Waals surface area contributed by atoms with E-state index in [1.54, 1.807) is 5.57 Å². The summed E-state index contributed by atoms with van der Waals surface area (Å²) in [6.45, 7) is 13.4. The van der Waals surface area contributed by atoms with Crippen LogP contribution in [0.4, 0.5) is 0 Å². The molecule has 0 amide bonds. The fourth-order valence-corrected chi connectivity index (χ4v) is 1.80. The molecule has 0 spiro atoms. The normalized spacial score (nSPS) is 15.0. The maximum Gasteiger partial charge on any atom is 0.0199 e. The van der Waals surface area contributed by atoms with Crippen molar-refractivity contribution in [2.45, 2.75) is 34.1 Å². The minimum absolute atomic E-state index is 0.676. The van der Waals surface area contributed by atoms with Gasteiger partial charge in [0.1, 0.15) is 0 Å². The van der Waals surface area contributed by atoms with E-state index in [1.165, 1.54) is 6.42 Å². The fraction of sp³-hybridized carbons (Fsp3) is 0.750. The summed E-state index contributed by atoms with van der Waals surface area (Å²) in [7, 11) is 4.28. The van der Waals surface area contributed by atoms with Gasteiger partial charge in [-0.15, -0.1) is 0 Å². The van der Waals surface area contributed by atoms with Gasteiger partial charge in [0.15, 0.2) is 0 Å². The van der Waals surface area contributed by atoms with E-state index in [0.717, 1.165) is 26.2 Å². The van der Waals surface area contributed by atoms with Crippen LogP contribution in [-0.4, -0.2) is 50.1 Å². The molecule has 106 valence electrons. The van der Waals surface area contributed by atoms with Gasteiger partial charge in [0.2, 0.25) is 0 Å². The average Bonchev–Trinajstić information content (AvgIpc) is 2.36. The summed E-state index contributed by atoms with van der Waals surface area (Å²) in [6, 6.07) is 0. The monoisotopic (exact) mass is 252 g/mol. The van der Waals surface area contributed by atoms with Crippen molar-refractivity contribution in [3.05, 3.63) is 23.8 Å². The molecule has 0 radical (unpaired) electrons. The van der Waals surface area contributed by atoms with E-state index in [0.29, 0.717) is 5.92 Å². The lowest BCUT2D eigenvalue weighted by Crippen LogP contribution is -2.33. The topological polar surface area (TPSA) is 6.48 Å². The van der Waals surface area contributed by atoms with E-state index in [1.807, 2.05) is 0 Å².